The normalized spacial score (nSPS) is 14.7. The van der Waals surface area contributed by atoms with Crippen LogP contribution in [0.15, 0.2) is 0 Å². The molecule has 4 nitrogen and oxygen atoms in total. The van der Waals surface area contributed by atoms with E-state index in [-0.39, 0.29) is 0 Å². The first-order chi connectivity index (χ1) is 5.43. The molecule has 0 rings (SSSR count). The Morgan fingerprint density at radius 1 is 1.00 bits per heavy atom. The number of carbonyl (C=O) groups excluding carboxylic acids is 2. The van der Waals surface area contributed by atoms with Gasteiger partial charge in [-0.2, -0.15) is 0 Å². The van der Waals surface area contributed by atoms with Crippen LogP contribution in [-0.4, -0.2) is 23.1 Å². The highest BCUT2D eigenvalue weighted by Crippen LogP contribution is 2.13. The summed E-state index contributed by atoms with van der Waals surface area (Å²) in [6.07, 6.45) is 0. The molecular weight excluding hydrogens is 207 g/mol. The van der Waals surface area contributed by atoms with Gasteiger partial charge < -0.3 is 9.47 Å². The summed E-state index contributed by atoms with van der Waals surface area (Å²) in [7, 11) is 0. The van der Waals surface area contributed by atoms with E-state index in [2.05, 4.69) is 9.47 Å². The van der Waals surface area contributed by atoms with Gasteiger partial charge in [0.15, 0.2) is 0 Å². The van der Waals surface area contributed by atoms with Crippen LogP contribution in [0, 0.1) is 0 Å². The number of rotatable bonds is 3. The van der Waals surface area contributed by atoms with Crippen molar-refractivity contribution in [1.82, 2.24) is 0 Å². The van der Waals surface area contributed by atoms with Crippen molar-refractivity contribution < 1.29 is 19.1 Å². The molecule has 6 heteroatoms. The lowest BCUT2D eigenvalue weighted by molar-refractivity contribution is -0.154. The van der Waals surface area contributed by atoms with Crippen LogP contribution < -0.4 is 0 Å². The van der Waals surface area contributed by atoms with Crippen molar-refractivity contribution in [3.8, 4) is 0 Å². The number of alkyl halides is 2. The summed E-state index contributed by atoms with van der Waals surface area (Å²) < 4.78 is 8.86. The molecule has 0 fully saturated rings. The fourth-order valence-corrected chi connectivity index (χ4v) is 0.778. The maximum absolute atomic E-state index is 10.3. The molecule has 0 aliphatic rings. The molecule has 0 N–H and O–H groups in total. The molecule has 0 aliphatic heterocycles. The van der Waals surface area contributed by atoms with Gasteiger partial charge in [0.25, 0.3) is 0 Å². The van der Waals surface area contributed by atoms with Gasteiger partial charge in [-0.1, -0.05) is 23.2 Å². The standard InChI is InChI=1S/C6H8Cl2O4/c1-3(9)11-5(7)6(8)12-4(2)10/h5-6H,1-2H3. The van der Waals surface area contributed by atoms with Gasteiger partial charge in [-0.05, 0) is 0 Å². The highest BCUT2D eigenvalue weighted by molar-refractivity contribution is 6.29. The summed E-state index contributed by atoms with van der Waals surface area (Å²) in [4.78, 5) is 20.7. The molecule has 2 atom stereocenters. The first kappa shape index (κ1) is 11.5. The lowest BCUT2D eigenvalue weighted by atomic mass is 10.7. The number of halogens is 2. The zero-order valence-electron chi connectivity index (χ0n) is 6.54. The summed E-state index contributed by atoms with van der Waals surface area (Å²) in [5.41, 5.74) is -2.32. The van der Waals surface area contributed by atoms with Crippen LogP contribution in [0.3, 0.4) is 0 Å². The summed E-state index contributed by atoms with van der Waals surface area (Å²) in [5.74, 6) is -1.18. The Labute approximate surface area is 79.7 Å². The van der Waals surface area contributed by atoms with Gasteiger partial charge in [0.1, 0.15) is 0 Å². The fourth-order valence-electron chi connectivity index (χ4n) is 0.424. The molecule has 0 saturated heterocycles. The van der Waals surface area contributed by atoms with Gasteiger partial charge in [-0.25, -0.2) is 0 Å². The van der Waals surface area contributed by atoms with Crippen molar-refractivity contribution in [2.45, 2.75) is 25.0 Å². The topological polar surface area (TPSA) is 52.6 Å². The maximum atomic E-state index is 10.3. The minimum atomic E-state index is -1.16. The number of ether oxygens (including phenoxy) is 2. The molecule has 2 unspecified atom stereocenters. The molecule has 0 spiro atoms. The van der Waals surface area contributed by atoms with Crippen molar-refractivity contribution in [2.24, 2.45) is 0 Å². The first-order valence-corrected chi connectivity index (χ1v) is 3.93. The predicted molar refractivity (Wildman–Crippen MR) is 42.8 cm³/mol. The van der Waals surface area contributed by atoms with Crippen LogP contribution in [0.5, 0.6) is 0 Å². The average molecular weight is 215 g/mol. The van der Waals surface area contributed by atoms with Gasteiger partial charge in [0.2, 0.25) is 11.1 Å². The third kappa shape index (κ3) is 5.21. The third-order valence-corrected chi connectivity index (χ3v) is 1.53. The summed E-state index contributed by atoms with van der Waals surface area (Å²) in [6, 6.07) is 0. The molecule has 0 aliphatic carbocycles. The summed E-state index contributed by atoms with van der Waals surface area (Å²) >= 11 is 10.8. The van der Waals surface area contributed by atoms with E-state index in [1.54, 1.807) is 0 Å². The Morgan fingerprint density at radius 3 is 1.42 bits per heavy atom. The van der Waals surface area contributed by atoms with E-state index >= 15 is 0 Å². The number of hydrogen-bond donors (Lipinski definition) is 0. The van der Waals surface area contributed by atoms with Gasteiger partial charge in [-0.15, -0.1) is 0 Å². The van der Waals surface area contributed by atoms with Crippen LogP contribution in [-0.2, 0) is 19.1 Å². The third-order valence-electron chi connectivity index (χ3n) is 0.763. The monoisotopic (exact) mass is 214 g/mol. The van der Waals surface area contributed by atoms with Gasteiger partial charge in [0, 0.05) is 13.8 Å². The number of hydrogen-bond acceptors (Lipinski definition) is 4. The Kier molecular flexibility index (Phi) is 5.01. The zero-order chi connectivity index (χ0) is 9.72. The van der Waals surface area contributed by atoms with Crippen LogP contribution >= 0.6 is 23.2 Å². The van der Waals surface area contributed by atoms with E-state index in [0.717, 1.165) is 0 Å². The second kappa shape index (κ2) is 5.22. The molecule has 12 heavy (non-hydrogen) atoms. The predicted octanol–water partition coefficient (Wildman–Crippen LogP) is 1.24. The second-order valence-electron chi connectivity index (χ2n) is 1.92. The molecule has 70 valence electrons. The fraction of sp³-hybridized carbons (Fsp3) is 0.667. The Bertz CT molecular complexity index is 162. The lowest BCUT2D eigenvalue weighted by Crippen LogP contribution is -2.25. The highest BCUT2D eigenvalue weighted by Gasteiger charge is 2.21. The maximum Gasteiger partial charge on any atom is 0.304 e. The molecule has 0 saturated carbocycles. The van der Waals surface area contributed by atoms with E-state index in [1.807, 2.05) is 0 Å². The summed E-state index contributed by atoms with van der Waals surface area (Å²) in [6.45, 7) is 2.35. The van der Waals surface area contributed by atoms with Crippen molar-refractivity contribution in [2.75, 3.05) is 0 Å². The zero-order valence-corrected chi connectivity index (χ0v) is 8.06. The van der Waals surface area contributed by atoms with Crippen molar-refractivity contribution in [3.63, 3.8) is 0 Å². The lowest BCUT2D eigenvalue weighted by Gasteiger charge is -2.14. The molecule has 0 heterocycles. The molecule has 0 aromatic carbocycles. The Hall–Kier alpha value is -0.480. The number of esters is 2. The first-order valence-electron chi connectivity index (χ1n) is 3.06. The summed E-state index contributed by atoms with van der Waals surface area (Å²) in [5, 5.41) is 0. The average Bonchev–Trinajstić information content (AvgIpc) is 1.84. The minimum Gasteiger partial charge on any atom is -0.441 e. The second-order valence-corrected chi connectivity index (χ2v) is 2.78. The largest absolute Gasteiger partial charge is 0.441 e. The van der Waals surface area contributed by atoms with Gasteiger partial charge in [0.05, 0.1) is 0 Å². The van der Waals surface area contributed by atoms with Gasteiger partial charge in [-0.3, -0.25) is 9.59 Å². The Morgan fingerprint density at radius 2 is 1.25 bits per heavy atom. The molecule has 0 radical (unpaired) electrons. The van der Waals surface area contributed by atoms with E-state index in [0.29, 0.717) is 0 Å². The smallest absolute Gasteiger partial charge is 0.304 e. The van der Waals surface area contributed by atoms with Crippen LogP contribution in [0.2, 0.25) is 0 Å². The van der Waals surface area contributed by atoms with Crippen LogP contribution in [0.1, 0.15) is 13.8 Å². The molecule has 0 aromatic rings. The number of carbonyl (C=O) groups is 2. The highest BCUT2D eigenvalue weighted by atomic mass is 35.5. The molecular formula is C6H8Cl2O4. The van der Waals surface area contributed by atoms with Crippen molar-refractivity contribution in [1.29, 1.82) is 0 Å². The minimum absolute atomic E-state index is 0.590. The SMILES string of the molecule is CC(=O)OC(Cl)C(Cl)OC(C)=O. The van der Waals surface area contributed by atoms with E-state index in [1.165, 1.54) is 13.8 Å². The quantitative estimate of drug-likeness (QED) is 0.525. The molecule has 0 bridgehead atoms. The van der Waals surface area contributed by atoms with Crippen LogP contribution in [0.4, 0.5) is 0 Å². The van der Waals surface area contributed by atoms with Crippen LogP contribution in [0.25, 0.3) is 0 Å². The molecule has 0 amide bonds. The van der Waals surface area contributed by atoms with E-state index in [4.69, 9.17) is 23.2 Å². The Balaban J connectivity index is 3.83. The van der Waals surface area contributed by atoms with E-state index < -0.39 is 23.1 Å². The van der Waals surface area contributed by atoms with Crippen molar-refractivity contribution >= 4 is 35.1 Å². The molecule has 0 aromatic heterocycles. The van der Waals surface area contributed by atoms with E-state index in [9.17, 15) is 9.59 Å². The van der Waals surface area contributed by atoms with Gasteiger partial charge >= 0.3 is 11.9 Å². The van der Waals surface area contributed by atoms with Crippen molar-refractivity contribution in [3.05, 3.63) is 0 Å².